The van der Waals surface area contributed by atoms with Crippen LogP contribution in [0.1, 0.15) is 66.2 Å². The zero-order chi connectivity index (χ0) is 20.0. The van der Waals surface area contributed by atoms with Crippen LogP contribution in [0.4, 0.5) is 0 Å². The van der Waals surface area contributed by atoms with Crippen molar-refractivity contribution >= 4 is 23.9 Å². The van der Waals surface area contributed by atoms with Gasteiger partial charge in [0.2, 0.25) is 0 Å². The second kappa shape index (κ2) is 13.3. The molecule has 0 aromatic carbocycles. The van der Waals surface area contributed by atoms with Gasteiger partial charge in [-0.2, -0.15) is 0 Å². The third-order valence-electron chi connectivity index (χ3n) is 3.24. The first-order valence-electron chi connectivity index (χ1n) is 9.05. The Morgan fingerprint density at radius 2 is 1.23 bits per heavy atom. The Hall–Kier alpha value is -1.96. The average Bonchev–Trinajstić information content (AvgIpc) is 2.61. The van der Waals surface area contributed by atoms with E-state index in [1.165, 1.54) is 6.92 Å². The number of carbonyl (C=O) groups is 4. The molecular formula is C18H30O8. The lowest BCUT2D eigenvalue weighted by Gasteiger charge is -2.29. The van der Waals surface area contributed by atoms with Crippen LogP contribution in [0.5, 0.6) is 0 Å². The van der Waals surface area contributed by atoms with Gasteiger partial charge in [0.15, 0.2) is 5.60 Å². The van der Waals surface area contributed by atoms with Crippen LogP contribution in [0.3, 0.4) is 0 Å². The summed E-state index contributed by atoms with van der Waals surface area (Å²) in [5.74, 6) is -3.22. The quantitative estimate of drug-likeness (QED) is 0.275. The molecule has 8 nitrogen and oxygen atoms in total. The molecule has 1 atom stereocenters. The van der Waals surface area contributed by atoms with Crippen molar-refractivity contribution in [3.05, 3.63) is 0 Å². The Balaban J connectivity index is 5.47. The van der Waals surface area contributed by atoms with Gasteiger partial charge in [-0.3, -0.25) is 14.4 Å². The first kappa shape index (κ1) is 24.0. The highest BCUT2D eigenvalue weighted by atomic mass is 16.6. The molecule has 0 aromatic rings. The highest BCUT2D eigenvalue weighted by molar-refractivity contribution is 5.93. The molecule has 0 heterocycles. The van der Waals surface area contributed by atoms with Gasteiger partial charge in [-0.1, -0.05) is 27.7 Å². The first-order chi connectivity index (χ1) is 12.3. The molecule has 0 fully saturated rings. The molecule has 0 aromatic heterocycles. The summed E-state index contributed by atoms with van der Waals surface area (Å²) in [6.07, 6.45) is 0.632. The zero-order valence-corrected chi connectivity index (χ0v) is 16.1. The SMILES string of the molecule is CCCOC(=O)CC(CC(=O)OC(=O)CC)(OCCC)C(=O)OCCC. The molecule has 0 aliphatic heterocycles. The monoisotopic (exact) mass is 374 g/mol. The van der Waals surface area contributed by atoms with Gasteiger partial charge in [0.1, 0.15) is 0 Å². The van der Waals surface area contributed by atoms with E-state index in [2.05, 4.69) is 4.74 Å². The molecule has 0 bridgehead atoms. The van der Waals surface area contributed by atoms with E-state index in [0.717, 1.165) is 0 Å². The minimum atomic E-state index is -1.87. The van der Waals surface area contributed by atoms with Crippen LogP contribution in [0.2, 0.25) is 0 Å². The molecule has 0 N–H and O–H groups in total. The molecule has 0 aliphatic carbocycles. The Kier molecular flexibility index (Phi) is 12.3. The number of esters is 4. The Morgan fingerprint density at radius 3 is 1.77 bits per heavy atom. The van der Waals surface area contributed by atoms with Gasteiger partial charge in [0.05, 0.1) is 26.1 Å². The van der Waals surface area contributed by atoms with Crippen molar-refractivity contribution in [3.63, 3.8) is 0 Å². The number of hydrogen-bond acceptors (Lipinski definition) is 8. The maximum absolute atomic E-state index is 12.6. The molecule has 0 aliphatic rings. The second-order valence-electron chi connectivity index (χ2n) is 5.75. The molecule has 1 unspecified atom stereocenters. The minimum Gasteiger partial charge on any atom is -0.466 e. The van der Waals surface area contributed by atoms with Gasteiger partial charge < -0.3 is 18.9 Å². The summed E-state index contributed by atoms with van der Waals surface area (Å²) < 4.78 is 20.4. The highest BCUT2D eigenvalue weighted by Gasteiger charge is 2.46. The van der Waals surface area contributed by atoms with Crippen LogP contribution in [0.15, 0.2) is 0 Å². The number of ether oxygens (including phenoxy) is 4. The van der Waals surface area contributed by atoms with Gasteiger partial charge in [-0.15, -0.1) is 0 Å². The molecular weight excluding hydrogens is 344 g/mol. The second-order valence-corrected chi connectivity index (χ2v) is 5.75. The fourth-order valence-electron chi connectivity index (χ4n) is 1.96. The number of hydrogen-bond donors (Lipinski definition) is 0. The standard InChI is InChI=1S/C18H30O8/c1-5-9-23-15(20)12-18(25-11-7-3,17(22)24-10-6-2)13-16(21)26-14(19)8-4/h5-13H2,1-4H3. The minimum absolute atomic E-state index is 0.00732. The van der Waals surface area contributed by atoms with Crippen molar-refractivity contribution in [1.29, 1.82) is 0 Å². The van der Waals surface area contributed by atoms with E-state index in [9.17, 15) is 19.2 Å². The Labute approximate surface area is 154 Å². The summed E-state index contributed by atoms with van der Waals surface area (Å²) in [6.45, 7) is 7.42. The van der Waals surface area contributed by atoms with Crippen LogP contribution in [0.25, 0.3) is 0 Å². The van der Waals surface area contributed by atoms with Crippen molar-refractivity contribution < 1.29 is 38.1 Å². The largest absolute Gasteiger partial charge is 0.466 e. The van der Waals surface area contributed by atoms with Crippen molar-refractivity contribution in [2.75, 3.05) is 19.8 Å². The highest BCUT2D eigenvalue weighted by Crippen LogP contribution is 2.26. The normalized spacial score (nSPS) is 12.8. The predicted molar refractivity (Wildman–Crippen MR) is 92.1 cm³/mol. The lowest BCUT2D eigenvalue weighted by atomic mass is 9.95. The predicted octanol–water partition coefficient (Wildman–Crippen LogP) is 2.32. The molecule has 0 radical (unpaired) electrons. The van der Waals surface area contributed by atoms with E-state index in [1.54, 1.807) is 0 Å². The Morgan fingerprint density at radius 1 is 0.692 bits per heavy atom. The summed E-state index contributed by atoms with van der Waals surface area (Å²) in [5.41, 5.74) is -1.87. The lowest BCUT2D eigenvalue weighted by Crippen LogP contribution is -2.47. The zero-order valence-electron chi connectivity index (χ0n) is 16.1. The average molecular weight is 374 g/mol. The van der Waals surface area contributed by atoms with Crippen molar-refractivity contribution in [1.82, 2.24) is 0 Å². The topological polar surface area (TPSA) is 105 Å². The number of rotatable bonds is 13. The van der Waals surface area contributed by atoms with Crippen LogP contribution in [0, 0.1) is 0 Å². The fraction of sp³-hybridized carbons (Fsp3) is 0.778. The van der Waals surface area contributed by atoms with Gasteiger partial charge >= 0.3 is 23.9 Å². The molecule has 0 rings (SSSR count). The molecule has 26 heavy (non-hydrogen) atoms. The molecule has 0 saturated heterocycles. The van der Waals surface area contributed by atoms with Gasteiger partial charge in [-0.05, 0) is 19.3 Å². The third kappa shape index (κ3) is 8.94. The molecule has 0 amide bonds. The number of carbonyl (C=O) groups excluding carboxylic acids is 4. The van der Waals surface area contributed by atoms with Crippen LogP contribution < -0.4 is 0 Å². The molecule has 0 saturated carbocycles. The molecule has 8 heteroatoms. The molecule has 0 spiro atoms. The lowest BCUT2D eigenvalue weighted by molar-refractivity contribution is -0.186. The van der Waals surface area contributed by atoms with Crippen molar-refractivity contribution in [2.24, 2.45) is 0 Å². The van der Waals surface area contributed by atoms with E-state index in [-0.39, 0.29) is 26.2 Å². The molecule has 150 valence electrons. The van der Waals surface area contributed by atoms with E-state index < -0.39 is 42.3 Å². The van der Waals surface area contributed by atoms with Gasteiger partial charge in [-0.25, -0.2) is 4.79 Å². The van der Waals surface area contributed by atoms with Crippen LogP contribution in [-0.2, 0) is 38.1 Å². The van der Waals surface area contributed by atoms with Gasteiger partial charge in [0.25, 0.3) is 0 Å². The van der Waals surface area contributed by atoms with E-state index >= 15 is 0 Å². The van der Waals surface area contributed by atoms with Crippen molar-refractivity contribution in [3.8, 4) is 0 Å². The van der Waals surface area contributed by atoms with E-state index in [0.29, 0.717) is 19.3 Å². The maximum atomic E-state index is 12.6. The van der Waals surface area contributed by atoms with Crippen LogP contribution >= 0.6 is 0 Å². The summed E-state index contributed by atoms with van der Waals surface area (Å²) in [7, 11) is 0. The Bertz CT molecular complexity index is 474. The van der Waals surface area contributed by atoms with E-state index in [4.69, 9.17) is 14.2 Å². The fourth-order valence-corrected chi connectivity index (χ4v) is 1.96. The van der Waals surface area contributed by atoms with Crippen molar-refractivity contribution in [2.45, 2.75) is 71.8 Å². The van der Waals surface area contributed by atoms with E-state index in [1.807, 2.05) is 20.8 Å². The summed E-state index contributed by atoms with van der Waals surface area (Å²) in [5, 5.41) is 0. The van der Waals surface area contributed by atoms with Gasteiger partial charge in [0, 0.05) is 13.0 Å². The van der Waals surface area contributed by atoms with Crippen LogP contribution in [-0.4, -0.2) is 49.3 Å². The summed E-state index contributed by atoms with van der Waals surface area (Å²) in [6, 6.07) is 0. The summed E-state index contributed by atoms with van der Waals surface area (Å²) in [4.78, 5) is 48.1. The maximum Gasteiger partial charge on any atom is 0.339 e. The third-order valence-corrected chi connectivity index (χ3v) is 3.24. The summed E-state index contributed by atoms with van der Waals surface area (Å²) >= 11 is 0. The smallest absolute Gasteiger partial charge is 0.339 e. The first-order valence-corrected chi connectivity index (χ1v) is 9.05.